The van der Waals surface area contributed by atoms with Crippen LogP contribution in [-0.4, -0.2) is 48.1 Å². The number of azo groups is 1. The molecule has 0 aromatic heterocycles. The Morgan fingerprint density at radius 3 is 2.33 bits per heavy atom. The summed E-state index contributed by atoms with van der Waals surface area (Å²) in [6, 6.07) is 17.7. The molecule has 2 unspecified atom stereocenters. The average molecular weight is 364 g/mol. The molecule has 0 N–H and O–H groups in total. The van der Waals surface area contributed by atoms with Crippen molar-refractivity contribution in [3.05, 3.63) is 54.6 Å². The molecule has 140 valence electrons. The molecule has 2 saturated heterocycles. The Bertz CT molecular complexity index is 807. The molecule has 2 heterocycles. The van der Waals surface area contributed by atoms with E-state index in [2.05, 4.69) is 22.2 Å². The summed E-state index contributed by atoms with van der Waals surface area (Å²) < 4.78 is 5.57. The fourth-order valence-electron chi connectivity index (χ4n) is 3.83. The summed E-state index contributed by atoms with van der Waals surface area (Å²) in [5, 5.41) is 8.39. The van der Waals surface area contributed by atoms with Gasteiger partial charge >= 0.3 is 6.09 Å². The van der Waals surface area contributed by atoms with Gasteiger partial charge in [0.2, 0.25) is 0 Å². The number of likely N-dealkylation sites (tertiary alicyclic amines) is 1. The number of carbonyl (C=O) groups excluding carboxylic acids is 1. The number of benzene rings is 2. The van der Waals surface area contributed by atoms with Crippen LogP contribution in [0.3, 0.4) is 0 Å². The highest BCUT2D eigenvalue weighted by Gasteiger charge is 2.36. The predicted octanol–water partition coefficient (Wildman–Crippen LogP) is 4.77. The molecule has 6 nitrogen and oxygen atoms in total. The summed E-state index contributed by atoms with van der Waals surface area (Å²) in [5.74, 6) is 0.529. The molecule has 2 aromatic rings. The molecule has 0 radical (unpaired) electrons. The minimum Gasteiger partial charge on any atom is -0.410 e. The monoisotopic (exact) mass is 364 g/mol. The third-order valence-electron chi connectivity index (χ3n) is 5.49. The van der Waals surface area contributed by atoms with E-state index in [0.717, 1.165) is 31.6 Å². The van der Waals surface area contributed by atoms with Gasteiger partial charge in [-0.1, -0.05) is 18.2 Å². The first-order valence-corrected chi connectivity index (χ1v) is 9.44. The maximum Gasteiger partial charge on any atom is 0.415 e. The lowest BCUT2D eigenvalue weighted by Crippen LogP contribution is -2.41. The molecule has 4 rings (SSSR count). The van der Waals surface area contributed by atoms with E-state index in [1.807, 2.05) is 35.2 Å². The molecule has 6 heteroatoms. The summed E-state index contributed by atoms with van der Waals surface area (Å²) in [5.41, 5.74) is 1.51. The molecule has 27 heavy (non-hydrogen) atoms. The van der Waals surface area contributed by atoms with E-state index in [9.17, 15) is 4.79 Å². The standard InChI is InChI=1S/C21H24N4O2/c1-24-18-9-10-19(24)15-25(14-13-18)21(26)27-20-11-7-17(8-12-20)23-22-16-5-3-2-4-6-16/h2-8,11-12,18-19H,9-10,13-15H2,1H3/b23-22+. The first-order chi connectivity index (χ1) is 13.2. The van der Waals surface area contributed by atoms with Gasteiger partial charge in [0.15, 0.2) is 0 Å². The van der Waals surface area contributed by atoms with Crippen LogP contribution in [0, 0.1) is 0 Å². The van der Waals surface area contributed by atoms with Gasteiger partial charge in [0.25, 0.3) is 0 Å². The van der Waals surface area contributed by atoms with Crippen LogP contribution in [0.25, 0.3) is 0 Å². The Morgan fingerprint density at radius 1 is 0.926 bits per heavy atom. The third-order valence-corrected chi connectivity index (χ3v) is 5.49. The van der Waals surface area contributed by atoms with E-state index in [1.54, 1.807) is 24.3 Å². The number of hydrogen-bond acceptors (Lipinski definition) is 5. The van der Waals surface area contributed by atoms with E-state index >= 15 is 0 Å². The van der Waals surface area contributed by atoms with Crippen molar-refractivity contribution in [3.63, 3.8) is 0 Å². The summed E-state index contributed by atoms with van der Waals surface area (Å²) in [6.07, 6.45) is 3.14. The zero-order valence-corrected chi connectivity index (χ0v) is 15.5. The lowest BCUT2D eigenvalue weighted by Gasteiger charge is -2.25. The van der Waals surface area contributed by atoms with Gasteiger partial charge in [-0.05, 0) is 62.7 Å². The Kier molecular flexibility index (Phi) is 5.16. The zero-order valence-electron chi connectivity index (χ0n) is 15.5. The largest absolute Gasteiger partial charge is 0.415 e. The van der Waals surface area contributed by atoms with Crippen molar-refractivity contribution in [1.82, 2.24) is 9.80 Å². The number of nitrogens with zero attached hydrogens (tertiary/aromatic N) is 4. The molecule has 0 saturated carbocycles. The van der Waals surface area contributed by atoms with Crippen LogP contribution in [0.5, 0.6) is 5.75 Å². The number of rotatable bonds is 3. The lowest BCUT2D eigenvalue weighted by atomic mass is 10.1. The SMILES string of the molecule is CN1C2CCC1CN(C(=O)Oc1ccc(/N=N/c3ccccc3)cc1)CC2. The van der Waals surface area contributed by atoms with Gasteiger partial charge < -0.3 is 9.64 Å². The molecule has 2 bridgehead atoms. The van der Waals surface area contributed by atoms with E-state index in [0.29, 0.717) is 23.5 Å². The molecule has 0 aliphatic carbocycles. The topological polar surface area (TPSA) is 57.5 Å². The van der Waals surface area contributed by atoms with Crippen molar-refractivity contribution in [1.29, 1.82) is 0 Å². The van der Waals surface area contributed by atoms with Gasteiger partial charge in [-0.25, -0.2) is 4.79 Å². The number of hydrogen-bond donors (Lipinski definition) is 0. The minimum atomic E-state index is -0.269. The number of carbonyl (C=O) groups is 1. The molecule has 0 spiro atoms. The molecule has 2 aliphatic rings. The average Bonchev–Trinajstić information content (AvgIpc) is 2.93. The normalized spacial score (nSPS) is 22.8. The summed E-state index contributed by atoms with van der Waals surface area (Å²) in [6.45, 7) is 1.50. The number of ether oxygens (including phenoxy) is 1. The smallest absolute Gasteiger partial charge is 0.410 e. The van der Waals surface area contributed by atoms with E-state index < -0.39 is 0 Å². The van der Waals surface area contributed by atoms with Crippen molar-refractivity contribution in [2.45, 2.75) is 31.3 Å². The van der Waals surface area contributed by atoms with Crippen LogP contribution < -0.4 is 4.74 Å². The summed E-state index contributed by atoms with van der Waals surface area (Å²) in [7, 11) is 2.17. The number of likely N-dealkylation sites (N-methyl/N-ethyl adjacent to an activating group) is 1. The second-order valence-electron chi connectivity index (χ2n) is 7.18. The summed E-state index contributed by atoms with van der Waals surface area (Å²) >= 11 is 0. The van der Waals surface area contributed by atoms with Crippen molar-refractivity contribution in [2.75, 3.05) is 20.1 Å². The van der Waals surface area contributed by atoms with E-state index in [4.69, 9.17) is 4.74 Å². The molecular weight excluding hydrogens is 340 g/mol. The lowest BCUT2D eigenvalue weighted by molar-refractivity contribution is 0.146. The van der Waals surface area contributed by atoms with Crippen LogP contribution in [-0.2, 0) is 0 Å². The first kappa shape index (κ1) is 17.7. The molecule has 2 atom stereocenters. The first-order valence-electron chi connectivity index (χ1n) is 9.44. The highest BCUT2D eigenvalue weighted by atomic mass is 16.6. The third kappa shape index (κ3) is 4.17. The van der Waals surface area contributed by atoms with Gasteiger partial charge in [0.05, 0.1) is 11.4 Å². The Balaban J connectivity index is 1.35. The van der Waals surface area contributed by atoms with Crippen molar-refractivity contribution in [2.24, 2.45) is 10.2 Å². The van der Waals surface area contributed by atoms with Crippen LogP contribution in [0.15, 0.2) is 64.8 Å². The molecular formula is C21H24N4O2. The number of fused-ring (bicyclic) bond motifs is 2. The Hall–Kier alpha value is -2.73. The second kappa shape index (κ2) is 7.88. The highest BCUT2D eigenvalue weighted by molar-refractivity contribution is 5.71. The maximum atomic E-state index is 12.5. The Morgan fingerprint density at radius 2 is 1.59 bits per heavy atom. The summed E-state index contributed by atoms with van der Waals surface area (Å²) in [4.78, 5) is 16.8. The fraction of sp³-hybridized carbons (Fsp3) is 0.381. The zero-order chi connectivity index (χ0) is 18.6. The van der Waals surface area contributed by atoms with Crippen LogP contribution in [0.4, 0.5) is 16.2 Å². The molecule has 2 fully saturated rings. The van der Waals surface area contributed by atoms with Gasteiger partial charge in [0.1, 0.15) is 5.75 Å². The van der Waals surface area contributed by atoms with Crippen LogP contribution in [0.2, 0.25) is 0 Å². The minimum absolute atomic E-state index is 0.269. The van der Waals surface area contributed by atoms with Crippen molar-refractivity contribution >= 4 is 17.5 Å². The predicted molar refractivity (Wildman–Crippen MR) is 104 cm³/mol. The highest BCUT2D eigenvalue weighted by Crippen LogP contribution is 2.29. The van der Waals surface area contributed by atoms with Gasteiger partial charge in [-0.3, -0.25) is 4.90 Å². The van der Waals surface area contributed by atoms with Crippen LogP contribution >= 0.6 is 0 Å². The fourth-order valence-corrected chi connectivity index (χ4v) is 3.83. The maximum absolute atomic E-state index is 12.5. The quantitative estimate of drug-likeness (QED) is 0.737. The molecule has 1 amide bonds. The van der Waals surface area contributed by atoms with Crippen LogP contribution in [0.1, 0.15) is 19.3 Å². The molecule has 2 aromatic carbocycles. The molecule has 2 aliphatic heterocycles. The van der Waals surface area contributed by atoms with E-state index in [-0.39, 0.29) is 6.09 Å². The van der Waals surface area contributed by atoms with Crippen molar-refractivity contribution in [3.8, 4) is 5.75 Å². The van der Waals surface area contributed by atoms with Gasteiger partial charge in [-0.2, -0.15) is 10.2 Å². The van der Waals surface area contributed by atoms with Gasteiger partial charge in [0, 0.05) is 25.2 Å². The van der Waals surface area contributed by atoms with Gasteiger partial charge in [-0.15, -0.1) is 0 Å². The second-order valence-corrected chi connectivity index (χ2v) is 7.18. The number of amides is 1. The van der Waals surface area contributed by atoms with Crippen molar-refractivity contribution < 1.29 is 9.53 Å². The van der Waals surface area contributed by atoms with E-state index in [1.165, 1.54) is 6.42 Å². The Labute approximate surface area is 159 Å².